The van der Waals surface area contributed by atoms with Crippen molar-refractivity contribution in [2.45, 2.75) is 6.29 Å². The second kappa shape index (κ2) is 6.46. The van der Waals surface area contributed by atoms with Gasteiger partial charge in [-0.15, -0.1) is 0 Å². The Morgan fingerprint density at radius 1 is 1.15 bits per heavy atom. The minimum atomic E-state index is -1.08. The van der Waals surface area contributed by atoms with Crippen molar-refractivity contribution in [2.24, 2.45) is 0 Å². The molecule has 0 aliphatic heterocycles. The highest BCUT2D eigenvalue weighted by molar-refractivity contribution is 6.34. The third-order valence-electron chi connectivity index (χ3n) is 2.47. The first kappa shape index (κ1) is 16.1. The summed E-state index contributed by atoms with van der Waals surface area (Å²) in [5.74, 6) is -0.528. The highest BCUT2D eigenvalue weighted by Gasteiger charge is 2.34. The molecule has 0 saturated heterocycles. The number of nitro benzene ring substituents is 2. The molecule has 0 heterocycles. The summed E-state index contributed by atoms with van der Waals surface area (Å²) in [6.45, 7) is 0. The van der Waals surface area contributed by atoms with E-state index in [4.69, 9.17) is 25.8 Å². The fourth-order valence-electron chi connectivity index (χ4n) is 1.66. The third kappa shape index (κ3) is 2.79. The molecule has 0 atom stereocenters. The lowest BCUT2D eigenvalue weighted by molar-refractivity contribution is -0.396. The van der Waals surface area contributed by atoms with Gasteiger partial charge in [0.15, 0.2) is 6.29 Å². The Labute approximate surface area is 118 Å². The lowest BCUT2D eigenvalue weighted by Crippen LogP contribution is -2.08. The molecule has 0 aliphatic carbocycles. The summed E-state index contributed by atoms with van der Waals surface area (Å²) in [6, 6.07) is 1.02. The zero-order chi connectivity index (χ0) is 15.4. The van der Waals surface area contributed by atoms with Crippen LogP contribution in [0.2, 0.25) is 5.02 Å². The van der Waals surface area contributed by atoms with Crippen molar-refractivity contribution in [1.82, 2.24) is 0 Å². The van der Waals surface area contributed by atoms with Gasteiger partial charge in [0.1, 0.15) is 5.02 Å². The summed E-state index contributed by atoms with van der Waals surface area (Å²) in [5, 5.41) is 21.7. The quantitative estimate of drug-likeness (QED) is 0.450. The predicted octanol–water partition coefficient (Wildman–Crippen LogP) is 2.46. The zero-order valence-corrected chi connectivity index (χ0v) is 11.5. The lowest BCUT2D eigenvalue weighted by Gasteiger charge is -2.16. The molecule has 1 rings (SSSR count). The highest BCUT2D eigenvalue weighted by Crippen LogP contribution is 2.46. The van der Waals surface area contributed by atoms with E-state index < -0.39 is 33.3 Å². The number of methoxy groups -OCH3 is 3. The van der Waals surface area contributed by atoms with Crippen molar-refractivity contribution in [3.8, 4) is 5.75 Å². The first-order chi connectivity index (χ1) is 9.38. The van der Waals surface area contributed by atoms with Crippen LogP contribution in [0.3, 0.4) is 0 Å². The summed E-state index contributed by atoms with van der Waals surface area (Å²) in [5.41, 5.74) is -1.34. The van der Waals surface area contributed by atoms with Crippen molar-refractivity contribution < 1.29 is 24.1 Å². The Hall–Kier alpha value is -1.97. The first-order valence-electron chi connectivity index (χ1n) is 5.13. The Balaban J connectivity index is 3.72. The van der Waals surface area contributed by atoms with Crippen LogP contribution in [0.1, 0.15) is 11.9 Å². The number of halogens is 1. The predicted molar refractivity (Wildman–Crippen MR) is 68.1 cm³/mol. The van der Waals surface area contributed by atoms with Gasteiger partial charge in [0.2, 0.25) is 0 Å². The van der Waals surface area contributed by atoms with Gasteiger partial charge in [0, 0.05) is 25.8 Å². The molecule has 0 radical (unpaired) electrons. The van der Waals surface area contributed by atoms with Gasteiger partial charge in [-0.3, -0.25) is 20.2 Å². The Kier molecular flexibility index (Phi) is 5.19. The van der Waals surface area contributed by atoms with Crippen molar-refractivity contribution in [3.05, 3.63) is 36.9 Å². The van der Waals surface area contributed by atoms with Gasteiger partial charge in [-0.2, -0.15) is 0 Å². The number of hydrogen-bond donors (Lipinski definition) is 0. The van der Waals surface area contributed by atoms with E-state index in [1.54, 1.807) is 0 Å². The van der Waals surface area contributed by atoms with E-state index in [2.05, 4.69) is 0 Å². The van der Waals surface area contributed by atoms with Gasteiger partial charge in [-0.25, -0.2) is 0 Å². The molecule has 110 valence electrons. The normalized spacial score (nSPS) is 10.7. The molecule has 0 fully saturated rings. The summed E-state index contributed by atoms with van der Waals surface area (Å²) in [7, 11) is 3.62. The van der Waals surface area contributed by atoms with Crippen LogP contribution in [0, 0.1) is 20.2 Å². The van der Waals surface area contributed by atoms with Crippen LogP contribution < -0.4 is 4.74 Å². The van der Waals surface area contributed by atoms with Crippen molar-refractivity contribution in [3.63, 3.8) is 0 Å². The number of ether oxygens (including phenoxy) is 3. The van der Waals surface area contributed by atoms with E-state index >= 15 is 0 Å². The van der Waals surface area contributed by atoms with Crippen LogP contribution in [-0.4, -0.2) is 31.2 Å². The number of rotatable bonds is 6. The fraction of sp³-hybridized carbons (Fsp3) is 0.400. The van der Waals surface area contributed by atoms with Crippen LogP contribution in [0.25, 0.3) is 0 Å². The minimum Gasteiger partial charge on any atom is -0.485 e. The van der Waals surface area contributed by atoms with Gasteiger partial charge in [0.05, 0.1) is 17.0 Å². The fourth-order valence-corrected chi connectivity index (χ4v) is 1.95. The van der Waals surface area contributed by atoms with Gasteiger partial charge in [-0.1, -0.05) is 11.6 Å². The summed E-state index contributed by atoms with van der Waals surface area (Å²) >= 11 is 5.91. The topological polar surface area (TPSA) is 114 Å². The summed E-state index contributed by atoms with van der Waals surface area (Å²) < 4.78 is 14.6. The molecule has 0 amide bonds. The second-order valence-electron chi connectivity index (χ2n) is 3.50. The van der Waals surface area contributed by atoms with Crippen LogP contribution in [0.4, 0.5) is 11.4 Å². The zero-order valence-electron chi connectivity index (χ0n) is 10.8. The molecule has 0 unspecified atom stereocenters. The molecule has 0 aliphatic rings. The van der Waals surface area contributed by atoms with E-state index in [1.807, 2.05) is 0 Å². The number of benzene rings is 1. The smallest absolute Gasteiger partial charge is 0.337 e. The van der Waals surface area contributed by atoms with Gasteiger partial charge in [-0.05, 0) is 0 Å². The number of hydrogen-bond acceptors (Lipinski definition) is 7. The Bertz CT molecular complexity index is 545. The molecule has 0 aromatic heterocycles. The lowest BCUT2D eigenvalue weighted by atomic mass is 10.1. The van der Waals surface area contributed by atoms with Crippen LogP contribution in [-0.2, 0) is 9.47 Å². The second-order valence-corrected chi connectivity index (χ2v) is 3.88. The van der Waals surface area contributed by atoms with Gasteiger partial charge in [0.25, 0.3) is 5.75 Å². The molecular weight excluding hydrogens is 296 g/mol. The van der Waals surface area contributed by atoms with Crippen LogP contribution in [0.15, 0.2) is 6.07 Å². The highest BCUT2D eigenvalue weighted by atomic mass is 35.5. The van der Waals surface area contributed by atoms with Gasteiger partial charge < -0.3 is 14.2 Å². The number of nitrogens with zero attached hydrogens (tertiary/aromatic N) is 2. The average molecular weight is 307 g/mol. The monoisotopic (exact) mass is 306 g/mol. The maximum atomic E-state index is 11.1. The van der Waals surface area contributed by atoms with E-state index in [-0.39, 0.29) is 10.6 Å². The van der Waals surface area contributed by atoms with Crippen molar-refractivity contribution >= 4 is 23.0 Å². The molecule has 0 N–H and O–H groups in total. The molecule has 0 saturated carbocycles. The van der Waals surface area contributed by atoms with E-state index in [0.29, 0.717) is 0 Å². The van der Waals surface area contributed by atoms with Gasteiger partial charge >= 0.3 is 11.4 Å². The van der Waals surface area contributed by atoms with E-state index in [9.17, 15) is 20.2 Å². The Morgan fingerprint density at radius 3 is 2.05 bits per heavy atom. The maximum absolute atomic E-state index is 11.1. The molecule has 1 aromatic rings. The molecule has 9 nitrogen and oxygen atoms in total. The molecule has 0 spiro atoms. The SMILES string of the molecule is COc1c([N+](=O)[O-])cc(C(OC)OC)c(Cl)c1[N+](=O)[O-]. The van der Waals surface area contributed by atoms with Crippen molar-refractivity contribution in [1.29, 1.82) is 0 Å². The van der Waals surface area contributed by atoms with Crippen LogP contribution in [0.5, 0.6) is 5.75 Å². The molecular formula is C10H11ClN2O7. The summed E-state index contributed by atoms with van der Waals surface area (Å²) in [6.07, 6.45) is -1.08. The number of nitro groups is 2. The Morgan fingerprint density at radius 2 is 1.70 bits per heavy atom. The largest absolute Gasteiger partial charge is 0.485 e. The minimum absolute atomic E-state index is 0.0316. The van der Waals surface area contributed by atoms with E-state index in [0.717, 1.165) is 13.2 Å². The molecule has 20 heavy (non-hydrogen) atoms. The first-order valence-corrected chi connectivity index (χ1v) is 5.51. The van der Waals surface area contributed by atoms with E-state index in [1.165, 1.54) is 14.2 Å². The summed E-state index contributed by atoms with van der Waals surface area (Å²) in [4.78, 5) is 20.4. The standard InChI is InChI=1S/C10H11ClN2O7/c1-18-9-6(12(14)15)4-5(10(19-2)20-3)7(11)8(9)13(16)17/h4,10H,1-3H3. The van der Waals surface area contributed by atoms with Crippen molar-refractivity contribution in [2.75, 3.05) is 21.3 Å². The third-order valence-corrected chi connectivity index (χ3v) is 2.86. The van der Waals surface area contributed by atoms with Crippen LogP contribution >= 0.6 is 11.6 Å². The molecule has 10 heteroatoms. The molecule has 0 bridgehead atoms. The average Bonchev–Trinajstić information content (AvgIpc) is 2.40. The molecule has 1 aromatic carbocycles. The maximum Gasteiger partial charge on any atom is 0.337 e.